The van der Waals surface area contributed by atoms with Crippen LogP contribution in [0.4, 0.5) is 0 Å². The summed E-state index contributed by atoms with van der Waals surface area (Å²) in [5.41, 5.74) is 6.03. The molecular formula is C10H15N3O. The number of hydrogen-bond acceptors (Lipinski definition) is 3. The van der Waals surface area contributed by atoms with Gasteiger partial charge in [-0.15, -0.1) is 0 Å². The van der Waals surface area contributed by atoms with Crippen molar-refractivity contribution in [3.05, 3.63) is 30.1 Å². The van der Waals surface area contributed by atoms with Crippen LogP contribution in [0, 0.1) is 0 Å². The second-order valence-electron chi connectivity index (χ2n) is 2.98. The number of hydrogen-bond donors (Lipinski definition) is 2. The van der Waals surface area contributed by atoms with E-state index in [1.54, 1.807) is 18.3 Å². The first-order valence-electron chi connectivity index (χ1n) is 4.78. The molecule has 1 aromatic heterocycles. The van der Waals surface area contributed by atoms with E-state index in [2.05, 4.69) is 22.8 Å². The number of hydrazine groups is 1. The highest BCUT2D eigenvalue weighted by molar-refractivity contribution is 5.93. The molecule has 0 bridgehead atoms. The quantitative estimate of drug-likeness (QED) is 0.544. The van der Waals surface area contributed by atoms with Crippen molar-refractivity contribution >= 4 is 5.91 Å². The molecule has 0 aliphatic carbocycles. The highest BCUT2D eigenvalue weighted by Gasteiger charge is 2.02. The molecule has 0 radical (unpaired) electrons. The van der Waals surface area contributed by atoms with Gasteiger partial charge in [-0.2, -0.15) is 0 Å². The Morgan fingerprint density at radius 2 is 2.43 bits per heavy atom. The maximum absolute atomic E-state index is 11.4. The number of carbonyl (C=O) groups excluding carboxylic acids is 1. The lowest BCUT2D eigenvalue weighted by atomic mass is 10.3. The fourth-order valence-electron chi connectivity index (χ4n) is 0.977. The van der Waals surface area contributed by atoms with Gasteiger partial charge in [0.15, 0.2) is 0 Å². The van der Waals surface area contributed by atoms with E-state index in [9.17, 15) is 4.79 Å². The van der Waals surface area contributed by atoms with Gasteiger partial charge in [0.2, 0.25) is 0 Å². The van der Waals surface area contributed by atoms with Crippen LogP contribution >= 0.6 is 0 Å². The van der Waals surface area contributed by atoms with E-state index in [4.69, 9.17) is 0 Å². The predicted octanol–water partition coefficient (Wildman–Crippen LogP) is 1.12. The Morgan fingerprint density at radius 1 is 1.57 bits per heavy atom. The Labute approximate surface area is 83.7 Å². The van der Waals surface area contributed by atoms with Gasteiger partial charge in [-0.05, 0) is 18.6 Å². The van der Waals surface area contributed by atoms with Crippen molar-refractivity contribution < 1.29 is 4.79 Å². The average Bonchev–Trinajstić information content (AvgIpc) is 2.25. The minimum absolute atomic E-state index is 0.144. The van der Waals surface area contributed by atoms with Gasteiger partial charge in [0, 0.05) is 18.9 Å². The summed E-state index contributed by atoms with van der Waals surface area (Å²) >= 11 is 0. The largest absolute Gasteiger partial charge is 0.287 e. The molecule has 2 N–H and O–H groups in total. The minimum atomic E-state index is -0.144. The van der Waals surface area contributed by atoms with Gasteiger partial charge < -0.3 is 0 Å². The molecule has 0 aromatic carbocycles. The van der Waals surface area contributed by atoms with Crippen LogP contribution < -0.4 is 10.9 Å². The van der Waals surface area contributed by atoms with Gasteiger partial charge >= 0.3 is 0 Å². The van der Waals surface area contributed by atoms with Crippen molar-refractivity contribution in [2.45, 2.75) is 19.8 Å². The fraction of sp³-hybridized carbons (Fsp3) is 0.400. The van der Waals surface area contributed by atoms with Crippen LogP contribution in [0.3, 0.4) is 0 Å². The highest BCUT2D eigenvalue weighted by atomic mass is 16.2. The molecular weight excluding hydrogens is 178 g/mol. The molecule has 0 spiro atoms. The second-order valence-corrected chi connectivity index (χ2v) is 2.98. The average molecular weight is 193 g/mol. The molecule has 1 amide bonds. The van der Waals surface area contributed by atoms with Crippen LogP contribution in [0.25, 0.3) is 0 Å². The van der Waals surface area contributed by atoms with Gasteiger partial charge in [0.1, 0.15) is 0 Å². The fourth-order valence-corrected chi connectivity index (χ4v) is 0.977. The number of aromatic nitrogens is 1. The Morgan fingerprint density at radius 3 is 3.07 bits per heavy atom. The molecule has 0 aliphatic heterocycles. The SMILES string of the molecule is CCCCNNC(=O)c1cccnc1. The van der Waals surface area contributed by atoms with Crippen LogP contribution in [-0.2, 0) is 0 Å². The van der Waals surface area contributed by atoms with E-state index in [1.807, 2.05) is 0 Å². The lowest BCUT2D eigenvalue weighted by Gasteiger charge is -2.05. The number of nitrogens with one attached hydrogen (secondary N) is 2. The molecule has 4 nitrogen and oxygen atoms in total. The number of amides is 1. The highest BCUT2D eigenvalue weighted by Crippen LogP contribution is 1.93. The maximum atomic E-state index is 11.4. The number of rotatable bonds is 5. The van der Waals surface area contributed by atoms with Crippen molar-refractivity contribution in [2.75, 3.05) is 6.54 Å². The van der Waals surface area contributed by atoms with Crippen molar-refractivity contribution in [3.8, 4) is 0 Å². The molecule has 0 fully saturated rings. The van der Waals surface area contributed by atoms with Crippen LogP contribution in [-0.4, -0.2) is 17.4 Å². The zero-order valence-electron chi connectivity index (χ0n) is 8.29. The summed E-state index contributed by atoms with van der Waals surface area (Å²) in [6.07, 6.45) is 5.33. The molecule has 0 saturated heterocycles. The van der Waals surface area contributed by atoms with Crippen molar-refractivity contribution in [1.82, 2.24) is 15.8 Å². The summed E-state index contributed by atoms with van der Waals surface area (Å²) < 4.78 is 0. The lowest BCUT2D eigenvalue weighted by Crippen LogP contribution is -2.37. The van der Waals surface area contributed by atoms with Crippen LogP contribution in [0.15, 0.2) is 24.5 Å². The number of carbonyl (C=O) groups is 1. The Balaban J connectivity index is 2.29. The van der Waals surface area contributed by atoms with Crippen molar-refractivity contribution in [1.29, 1.82) is 0 Å². The summed E-state index contributed by atoms with van der Waals surface area (Å²) in [4.78, 5) is 15.3. The molecule has 0 saturated carbocycles. The van der Waals surface area contributed by atoms with Crippen LogP contribution in [0.1, 0.15) is 30.1 Å². The van der Waals surface area contributed by atoms with Gasteiger partial charge in [-0.3, -0.25) is 15.2 Å². The molecule has 1 heterocycles. The van der Waals surface area contributed by atoms with Gasteiger partial charge in [-0.25, -0.2) is 5.43 Å². The number of unbranched alkanes of at least 4 members (excludes halogenated alkanes) is 1. The van der Waals surface area contributed by atoms with E-state index in [-0.39, 0.29) is 5.91 Å². The molecule has 0 unspecified atom stereocenters. The van der Waals surface area contributed by atoms with E-state index in [0.29, 0.717) is 5.56 Å². The Bertz CT molecular complexity index is 274. The van der Waals surface area contributed by atoms with E-state index in [0.717, 1.165) is 19.4 Å². The molecule has 0 atom stereocenters. The van der Waals surface area contributed by atoms with Gasteiger partial charge in [0.25, 0.3) is 5.91 Å². The molecule has 0 aliphatic rings. The molecule has 76 valence electrons. The number of nitrogens with zero attached hydrogens (tertiary/aromatic N) is 1. The maximum Gasteiger partial charge on any atom is 0.266 e. The standard InChI is InChI=1S/C10H15N3O/c1-2-3-7-12-13-10(14)9-5-4-6-11-8-9/h4-6,8,12H,2-3,7H2,1H3,(H,13,14). The minimum Gasteiger partial charge on any atom is -0.287 e. The molecule has 14 heavy (non-hydrogen) atoms. The topological polar surface area (TPSA) is 54.0 Å². The molecule has 4 heteroatoms. The van der Waals surface area contributed by atoms with Crippen molar-refractivity contribution in [2.24, 2.45) is 0 Å². The second kappa shape index (κ2) is 6.10. The summed E-state index contributed by atoms with van der Waals surface area (Å²) in [5.74, 6) is -0.144. The van der Waals surface area contributed by atoms with E-state index in [1.165, 1.54) is 6.20 Å². The summed E-state index contributed by atoms with van der Waals surface area (Å²) in [7, 11) is 0. The van der Waals surface area contributed by atoms with E-state index >= 15 is 0 Å². The first-order chi connectivity index (χ1) is 6.84. The Kier molecular flexibility index (Phi) is 4.64. The monoisotopic (exact) mass is 193 g/mol. The van der Waals surface area contributed by atoms with Gasteiger partial charge in [0.05, 0.1) is 5.56 Å². The van der Waals surface area contributed by atoms with E-state index < -0.39 is 0 Å². The molecule has 1 aromatic rings. The smallest absolute Gasteiger partial charge is 0.266 e. The van der Waals surface area contributed by atoms with Crippen molar-refractivity contribution in [3.63, 3.8) is 0 Å². The third-order valence-electron chi connectivity index (χ3n) is 1.78. The third kappa shape index (κ3) is 3.53. The van der Waals surface area contributed by atoms with Crippen LogP contribution in [0.5, 0.6) is 0 Å². The summed E-state index contributed by atoms with van der Waals surface area (Å²) in [5, 5.41) is 0. The normalized spacial score (nSPS) is 9.79. The number of pyridine rings is 1. The Hall–Kier alpha value is -1.42. The zero-order valence-corrected chi connectivity index (χ0v) is 8.29. The summed E-state index contributed by atoms with van der Waals surface area (Å²) in [6, 6.07) is 3.46. The summed E-state index contributed by atoms with van der Waals surface area (Å²) in [6.45, 7) is 2.90. The first kappa shape index (κ1) is 10.7. The molecule has 1 rings (SSSR count). The third-order valence-corrected chi connectivity index (χ3v) is 1.78. The zero-order chi connectivity index (χ0) is 10.2. The van der Waals surface area contributed by atoms with Gasteiger partial charge in [-0.1, -0.05) is 13.3 Å². The van der Waals surface area contributed by atoms with Crippen LogP contribution in [0.2, 0.25) is 0 Å². The lowest BCUT2D eigenvalue weighted by molar-refractivity contribution is 0.0933. The first-order valence-corrected chi connectivity index (χ1v) is 4.78. The predicted molar refractivity (Wildman–Crippen MR) is 54.6 cm³/mol.